The molecule has 0 radical (unpaired) electrons. The molecule has 1 aliphatic carbocycles. The fraction of sp³-hybridized carbons (Fsp3) is 0.200. The van der Waals surface area contributed by atoms with Gasteiger partial charge < -0.3 is 0 Å². The molecule has 0 saturated heterocycles. The Labute approximate surface area is 120 Å². The van der Waals surface area contributed by atoms with Crippen LogP contribution in [0.25, 0.3) is 11.1 Å². The van der Waals surface area contributed by atoms with E-state index in [1.54, 1.807) is 0 Å². The lowest BCUT2D eigenvalue weighted by Crippen LogP contribution is -2.15. The van der Waals surface area contributed by atoms with Crippen LogP contribution in [0.2, 0.25) is 5.02 Å². The maximum atomic E-state index is 6.12. The first-order valence-electron chi connectivity index (χ1n) is 5.60. The van der Waals surface area contributed by atoms with Crippen LogP contribution in [0.4, 0.5) is 0 Å². The van der Waals surface area contributed by atoms with E-state index in [2.05, 4.69) is 66.8 Å². The van der Waals surface area contributed by atoms with Gasteiger partial charge in [0.15, 0.2) is 0 Å². The molecule has 3 rings (SSSR count). The third-order valence-corrected chi connectivity index (χ3v) is 4.51. The molecule has 0 atom stereocenters. The SMILES string of the molecule is CC1(C)c2cc(Cl)ccc2-c2ccc(I)cc21. The zero-order chi connectivity index (χ0) is 12.2. The average Bonchev–Trinajstić information content (AvgIpc) is 2.49. The number of hydrogen-bond acceptors (Lipinski definition) is 0. The van der Waals surface area contributed by atoms with Crippen molar-refractivity contribution in [2.45, 2.75) is 19.3 Å². The Kier molecular flexibility index (Phi) is 2.53. The summed E-state index contributed by atoms with van der Waals surface area (Å²) >= 11 is 8.49. The van der Waals surface area contributed by atoms with Crippen LogP contribution in [0.5, 0.6) is 0 Å². The second-order valence-electron chi connectivity index (χ2n) is 5.00. The van der Waals surface area contributed by atoms with E-state index in [0.29, 0.717) is 0 Å². The summed E-state index contributed by atoms with van der Waals surface area (Å²) in [5, 5.41) is 0.819. The summed E-state index contributed by atoms with van der Waals surface area (Å²) in [6.07, 6.45) is 0. The number of halogens is 2. The van der Waals surface area contributed by atoms with Crippen LogP contribution >= 0.6 is 34.2 Å². The highest BCUT2D eigenvalue weighted by Crippen LogP contribution is 2.49. The van der Waals surface area contributed by atoms with E-state index in [9.17, 15) is 0 Å². The lowest BCUT2D eigenvalue weighted by atomic mass is 9.82. The van der Waals surface area contributed by atoms with Crippen molar-refractivity contribution in [3.05, 3.63) is 56.1 Å². The topological polar surface area (TPSA) is 0 Å². The van der Waals surface area contributed by atoms with Crippen LogP contribution < -0.4 is 0 Å². The van der Waals surface area contributed by atoms with Gasteiger partial charge in [0.1, 0.15) is 0 Å². The van der Waals surface area contributed by atoms with Crippen LogP contribution in [0.1, 0.15) is 25.0 Å². The van der Waals surface area contributed by atoms with Gasteiger partial charge in [-0.2, -0.15) is 0 Å². The molecule has 1 aliphatic rings. The summed E-state index contributed by atoms with van der Waals surface area (Å²) in [7, 11) is 0. The van der Waals surface area contributed by atoms with Gasteiger partial charge in [-0.15, -0.1) is 0 Å². The highest BCUT2D eigenvalue weighted by atomic mass is 127. The molecule has 0 aliphatic heterocycles. The van der Waals surface area contributed by atoms with Gasteiger partial charge in [0.05, 0.1) is 0 Å². The maximum absolute atomic E-state index is 6.12. The van der Waals surface area contributed by atoms with Crippen LogP contribution in [-0.4, -0.2) is 0 Å². The Balaban J connectivity index is 2.37. The first kappa shape index (κ1) is 11.5. The molecular weight excluding hydrogens is 343 g/mol. The second-order valence-corrected chi connectivity index (χ2v) is 6.69. The number of rotatable bonds is 0. The minimum absolute atomic E-state index is 0.0523. The van der Waals surface area contributed by atoms with Crippen molar-refractivity contribution in [1.82, 2.24) is 0 Å². The second kappa shape index (κ2) is 3.72. The van der Waals surface area contributed by atoms with Gasteiger partial charge in [-0.05, 0) is 69.1 Å². The van der Waals surface area contributed by atoms with E-state index in [1.165, 1.54) is 25.8 Å². The van der Waals surface area contributed by atoms with Crippen molar-refractivity contribution in [2.75, 3.05) is 0 Å². The average molecular weight is 355 g/mol. The summed E-state index contributed by atoms with van der Waals surface area (Å²) in [4.78, 5) is 0. The number of hydrogen-bond donors (Lipinski definition) is 0. The molecule has 0 N–H and O–H groups in total. The Morgan fingerprint density at radius 2 is 1.53 bits per heavy atom. The summed E-state index contributed by atoms with van der Waals surface area (Å²) in [5.41, 5.74) is 5.47. The van der Waals surface area contributed by atoms with Gasteiger partial charge in [0, 0.05) is 14.0 Å². The molecule has 2 heteroatoms. The van der Waals surface area contributed by atoms with Gasteiger partial charge in [-0.3, -0.25) is 0 Å². The van der Waals surface area contributed by atoms with E-state index in [0.717, 1.165) is 5.02 Å². The van der Waals surface area contributed by atoms with Gasteiger partial charge in [-0.25, -0.2) is 0 Å². The number of fused-ring (bicyclic) bond motifs is 3. The smallest absolute Gasteiger partial charge is 0.0409 e. The molecular formula is C15H12ClI. The summed E-state index contributed by atoms with van der Waals surface area (Å²) in [6, 6.07) is 12.9. The standard InChI is InChI=1S/C15H12ClI/c1-15(2)13-7-9(16)3-5-11(13)12-6-4-10(17)8-14(12)15/h3-8H,1-2H3. The molecule has 86 valence electrons. The predicted octanol–water partition coefficient (Wildman–Crippen LogP) is 5.25. The van der Waals surface area contributed by atoms with Crippen LogP contribution in [-0.2, 0) is 5.41 Å². The van der Waals surface area contributed by atoms with Crippen LogP contribution in [0, 0.1) is 3.57 Å². The summed E-state index contributed by atoms with van der Waals surface area (Å²) < 4.78 is 1.29. The quantitative estimate of drug-likeness (QED) is 0.567. The van der Waals surface area contributed by atoms with Crippen molar-refractivity contribution in [3.8, 4) is 11.1 Å². The lowest BCUT2D eigenvalue weighted by molar-refractivity contribution is 0.660. The Hall–Kier alpha value is -0.540. The molecule has 2 aromatic rings. The monoisotopic (exact) mass is 354 g/mol. The minimum atomic E-state index is 0.0523. The lowest BCUT2D eigenvalue weighted by Gasteiger charge is -2.21. The van der Waals surface area contributed by atoms with Gasteiger partial charge in [0.2, 0.25) is 0 Å². The molecule has 0 aromatic heterocycles. The van der Waals surface area contributed by atoms with Crippen molar-refractivity contribution in [3.63, 3.8) is 0 Å². The fourth-order valence-corrected chi connectivity index (χ4v) is 3.35. The van der Waals surface area contributed by atoms with Crippen molar-refractivity contribution in [1.29, 1.82) is 0 Å². The normalized spacial score (nSPS) is 15.5. The number of benzene rings is 2. The maximum Gasteiger partial charge on any atom is 0.0409 e. The molecule has 0 nitrogen and oxygen atoms in total. The first-order chi connectivity index (χ1) is 8.00. The molecule has 0 spiro atoms. The molecule has 0 fully saturated rings. The van der Waals surface area contributed by atoms with E-state index in [4.69, 9.17) is 11.6 Å². The first-order valence-corrected chi connectivity index (χ1v) is 7.06. The molecule has 0 heterocycles. The van der Waals surface area contributed by atoms with E-state index < -0.39 is 0 Å². The van der Waals surface area contributed by atoms with Gasteiger partial charge in [-0.1, -0.05) is 37.6 Å². The minimum Gasteiger partial charge on any atom is -0.0843 e. The Morgan fingerprint density at radius 1 is 0.941 bits per heavy atom. The highest BCUT2D eigenvalue weighted by molar-refractivity contribution is 14.1. The van der Waals surface area contributed by atoms with Gasteiger partial charge in [0.25, 0.3) is 0 Å². The Bertz CT molecular complexity index is 561. The van der Waals surface area contributed by atoms with Crippen molar-refractivity contribution < 1.29 is 0 Å². The zero-order valence-electron chi connectivity index (χ0n) is 9.72. The van der Waals surface area contributed by atoms with Crippen molar-refractivity contribution in [2.24, 2.45) is 0 Å². The highest BCUT2D eigenvalue weighted by Gasteiger charge is 2.35. The zero-order valence-corrected chi connectivity index (χ0v) is 12.6. The van der Waals surface area contributed by atoms with E-state index in [1.807, 2.05) is 6.07 Å². The van der Waals surface area contributed by atoms with Crippen LogP contribution in [0.3, 0.4) is 0 Å². The van der Waals surface area contributed by atoms with E-state index in [-0.39, 0.29) is 5.41 Å². The molecule has 17 heavy (non-hydrogen) atoms. The Morgan fingerprint density at radius 3 is 2.24 bits per heavy atom. The molecule has 2 aromatic carbocycles. The predicted molar refractivity (Wildman–Crippen MR) is 81.7 cm³/mol. The molecule has 0 bridgehead atoms. The van der Waals surface area contributed by atoms with E-state index >= 15 is 0 Å². The molecule has 0 amide bonds. The van der Waals surface area contributed by atoms with Crippen LogP contribution in [0.15, 0.2) is 36.4 Å². The molecule has 0 saturated carbocycles. The summed E-state index contributed by atoms with van der Waals surface area (Å²) in [5.74, 6) is 0. The third-order valence-electron chi connectivity index (χ3n) is 3.60. The fourth-order valence-electron chi connectivity index (χ4n) is 2.68. The molecule has 0 unspecified atom stereocenters. The van der Waals surface area contributed by atoms with Gasteiger partial charge >= 0.3 is 0 Å². The largest absolute Gasteiger partial charge is 0.0843 e. The van der Waals surface area contributed by atoms with Crippen molar-refractivity contribution >= 4 is 34.2 Å². The summed E-state index contributed by atoms with van der Waals surface area (Å²) in [6.45, 7) is 4.54. The third kappa shape index (κ3) is 1.63.